The molecule has 0 aliphatic carbocycles. The van der Waals surface area contributed by atoms with Gasteiger partial charge in [0.25, 0.3) is 10.0 Å². The predicted molar refractivity (Wildman–Crippen MR) is 191 cm³/mol. The van der Waals surface area contributed by atoms with Gasteiger partial charge in [0.15, 0.2) is 11.5 Å². The molecule has 0 aliphatic heterocycles. The van der Waals surface area contributed by atoms with Crippen molar-refractivity contribution in [2.24, 2.45) is 0 Å². The van der Waals surface area contributed by atoms with Crippen molar-refractivity contribution in [2.75, 3.05) is 32.2 Å². The molecule has 1 atom stereocenters. The highest BCUT2D eigenvalue weighted by atomic mass is 35.5. The van der Waals surface area contributed by atoms with Crippen LogP contribution in [0.3, 0.4) is 0 Å². The Morgan fingerprint density at radius 3 is 2.04 bits per heavy atom. The number of hydrogen-bond acceptors (Lipinski definition) is 7. The van der Waals surface area contributed by atoms with Crippen molar-refractivity contribution in [3.05, 3.63) is 113 Å². The van der Waals surface area contributed by atoms with Crippen LogP contribution >= 0.6 is 11.6 Å². The summed E-state index contributed by atoms with van der Waals surface area (Å²) >= 11 is 6.37. The minimum Gasteiger partial charge on any atom is -0.495 e. The van der Waals surface area contributed by atoms with Gasteiger partial charge in [-0.3, -0.25) is 13.9 Å². The minimum absolute atomic E-state index is 0.0105. The summed E-state index contributed by atoms with van der Waals surface area (Å²) in [5.74, 6) is -1.07. The summed E-state index contributed by atoms with van der Waals surface area (Å²) in [6.45, 7) is 4.56. The molecule has 0 saturated carbocycles. The van der Waals surface area contributed by atoms with E-state index >= 15 is 0 Å². The molecule has 1 N–H and O–H groups in total. The molecule has 0 fully saturated rings. The molecule has 10 nitrogen and oxygen atoms in total. The van der Waals surface area contributed by atoms with E-state index in [9.17, 15) is 22.4 Å². The van der Waals surface area contributed by atoms with Gasteiger partial charge in [0, 0.05) is 29.6 Å². The number of hydrogen-bond donors (Lipinski definition) is 1. The largest absolute Gasteiger partial charge is 0.495 e. The lowest BCUT2D eigenvalue weighted by Crippen LogP contribution is -2.56. The van der Waals surface area contributed by atoms with Gasteiger partial charge in [0.05, 0.1) is 31.9 Å². The summed E-state index contributed by atoms with van der Waals surface area (Å²) in [5, 5.41) is 3.16. The Balaban J connectivity index is 1.89. The van der Waals surface area contributed by atoms with Crippen LogP contribution in [0.2, 0.25) is 5.02 Å². The number of nitrogens with zero attached hydrogens (tertiary/aromatic N) is 2. The molecule has 266 valence electrons. The summed E-state index contributed by atoms with van der Waals surface area (Å²) in [6, 6.07) is 22.0. The van der Waals surface area contributed by atoms with Crippen LogP contribution in [-0.2, 0) is 32.6 Å². The lowest BCUT2D eigenvalue weighted by atomic mass is 10.0. The number of carbonyl (C=O) groups is 2. The Labute approximate surface area is 297 Å². The zero-order valence-electron chi connectivity index (χ0n) is 28.8. The van der Waals surface area contributed by atoms with Gasteiger partial charge in [0.1, 0.15) is 24.2 Å². The quantitative estimate of drug-likeness (QED) is 0.163. The Bertz CT molecular complexity index is 1900. The number of nitrogens with one attached hydrogen (secondary N) is 1. The molecule has 0 spiro atoms. The summed E-state index contributed by atoms with van der Waals surface area (Å²) in [4.78, 5) is 29.9. The van der Waals surface area contributed by atoms with E-state index in [1.807, 2.05) is 51.1 Å². The maximum Gasteiger partial charge on any atom is 0.265 e. The summed E-state index contributed by atoms with van der Waals surface area (Å²) < 4.78 is 60.1. The molecule has 4 aromatic rings. The van der Waals surface area contributed by atoms with E-state index in [-0.39, 0.29) is 40.1 Å². The average molecular weight is 726 g/mol. The molecule has 0 saturated heterocycles. The standard InChI is InChI=1S/C37H41ClFN3O7S/c1-37(2,3)40-36(44)31(20-25-10-8-7-9-11-25)41(23-26-12-15-28(39)16-13-26)35(43)24-42(30-21-27(38)14-18-32(30)47-4)50(45,46)29-17-19-33(48-5)34(22-29)49-6/h7-19,21-22,31H,20,23-24H2,1-6H3,(H,40,44). The van der Waals surface area contributed by atoms with Crippen LogP contribution in [0.15, 0.2) is 95.9 Å². The molecule has 4 aromatic carbocycles. The normalized spacial score (nSPS) is 12.1. The zero-order valence-corrected chi connectivity index (χ0v) is 30.3. The number of ether oxygens (including phenoxy) is 3. The second kappa shape index (κ2) is 16.3. The van der Waals surface area contributed by atoms with E-state index < -0.39 is 45.8 Å². The highest BCUT2D eigenvalue weighted by Gasteiger charge is 2.37. The van der Waals surface area contributed by atoms with Crippen molar-refractivity contribution in [3.8, 4) is 17.2 Å². The van der Waals surface area contributed by atoms with Crippen LogP contribution < -0.4 is 23.8 Å². The van der Waals surface area contributed by atoms with Crippen molar-refractivity contribution in [1.29, 1.82) is 0 Å². The first-order valence-electron chi connectivity index (χ1n) is 15.6. The SMILES string of the molecule is COc1ccc(S(=O)(=O)N(CC(=O)N(Cc2ccc(F)cc2)C(Cc2ccccc2)C(=O)NC(C)(C)C)c2cc(Cl)ccc2OC)cc1OC. The van der Waals surface area contributed by atoms with Crippen LogP contribution in [0, 0.1) is 5.82 Å². The lowest BCUT2D eigenvalue weighted by Gasteiger charge is -2.35. The molecule has 1 unspecified atom stereocenters. The number of methoxy groups -OCH3 is 3. The monoisotopic (exact) mass is 725 g/mol. The van der Waals surface area contributed by atoms with E-state index in [1.54, 1.807) is 0 Å². The zero-order chi connectivity index (χ0) is 36.6. The number of anilines is 1. The third kappa shape index (κ3) is 9.45. The van der Waals surface area contributed by atoms with Gasteiger partial charge in [-0.2, -0.15) is 0 Å². The molecule has 0 radical (unpaired) electrons. The van der Waals surface area contributed by atoms with Crippen LogP contribution in [0.5, 0.6) is 17.2 Å². The predicted octanol–water partition coefficient (Wildman–Crippen LogP) is 6.26. The third-order valence-corrected chi connectivity index (χ3v) is 9.66. The van der Waals surface area contributed by atoms with Gasteiger partial charge >= 0.3 is 0 Å². The molecular formula is C37H41ClFN3O7S. The second-order valence-corrected chi connectivity index (χ2v) is 14.7. The van der Waals surface area contributed by atoms with Gasteiger partial charge in [-0.1, -0.05) is 54.1 Å². The fourth-order valence-corrected chi connectivity index (χ4v) is 6.87. The number of benzene rings is 4. The van der Waals surface area contributed by atoms with Crippen molar-refractivity contribution in [3.63, 3.8) is 0 Å². The van der Waals surface area contributed by atoms with Crippen LogP contribution in [0.4, 0.5) is 10.1 Å². The molecule has 50 heavy (non-hydrogen) atoms. The molecular weight excluding hydrogens is 685 g/mol. The number of rotatable bonds is 14. The second-order valence-electron chi connectivity index (χ2n) is 12.4. The van der Waals surface area contributed by atoms with Gasteiger partial charge in [-0.15, -0.1) is 0 Å². The average Bonchev–Trinajstić information content (AvgIpc) is 3.08. The minimum atomic E-state index is -4.54. The fraction of sp³-hybridized carbons (Fsp3) is 0.297. The maximum atomic E-state index is 14.7. The first-order valence-corrected chi connectivity index (χ1v) is 17.5. The van der Waals surface area contributed by atoms with E-state index in [1.165, 1.54) is 86.9 Å². The van der Waals surface area contributed by atoms with Crippen molar-refractivity contribution >= 4 is 39.1 Å². The molecule has 2 amide bonds. The molecule has 0 aromatic heterocycles. The van der Waals surface area contributed by atoms with Crippen molar-refractivity contribution in [2.45, 2.75) is 50.2 Å². The van der Waals surface area contributed by atoms with E-state index in [0.29, 0.717) is 11.3 Å². The highest BCUT2D eigenvalue weighted by Crippen LogP contribution is 2.37. The topological polar surface area (TPSA) is 114 Å². The molecule has 4 rings (SSSR count). The molecule has 0 aliphatic rings. The smallest absolute Gasteiger partial charge is 0.265 e. The van der Waals surface area contributed by atoms with Crippen LogP contribution in [0.1, 0.15) is 31.9 Å². The number of carbonyl (C=O) groups excluding carboxylic acids is 2. The Hall–Kier alpha value is -4.81. The summed E-state index contributed by atoms with van der Waals surface area (Å²) in [6.07, 6.45) is 0.110. The molecule has 13 heteroatoms. The Morgan fingerprint density at radius 1 is 0.820 bits per heavy atom. The first kappa shape index (κ1) is 38.0. The number of amides is 2. The van der Waals surface area contributed by atoms with E-state index in [4.69, 9.17) is 25.8 Å². The van der Waals surface area contributed by atoms with Crippen LogP contribution in [0.25, 0.3) is 0 Å². The summed E-state index contributed by atoms with van der Waals surface area (Å²) in [5.41, 5.74) is 0.623. The van der Waals surface area contributed by atoms with Gasteiger partial charge < -0.3 is 24.4 Å². The fourth-order valence-electron chi connectivity index (χ4n) is 5.27. The first-order chi connectivity index (χ1) is 23.7. The third-order valence-electron chi connectivity index (χ3n) is 7.67. The molecule has 0 heterocycles. The van der Waals surface area contributed by atoms with Crippen molar-refractivity contribution in [1.82, 2.24) is 10.2 Å². The van der Waals surface area contributed by atoms with Gasteiger partial charge in [-0.05, 0) is 74.4 Å². The highest BCUT2D eigenvalue weighted by molar-refractivity contribution is 7.92. The number of sulfonamides is 1. The van der Waals surface area contributed by atoms with E-state index in [0.717, 1.165) is 9.87 Å². The summed E-state index contributed by atoms with van der Waals surface area (Å²) in [7, 11) is -0.381. The van der Waals surface area contributed by atoms with E-state index in [2.05, 4.69) is 5.32 Å². The number of halogens is 2. The Morgan fingerprint density at radius 2 is 1.44 bits per heavy atom. The molecule has 0 bridgehead atoms. The van der Waals surface area contributed by atoms with Gasteiger partial charge in [-0.25, -0.2) is 12.8 Å². The van der Waals surface area contributed by atoms with Crippen LogP contribution in [-0.4, -0.2) is 64.6 Å². The van der Waals surface area contributed by atoms with Crippen molar-refractivity contribution < 1.29 is 36.6 Å². The lowest BCUT2D eigenvalue weighted by molar-refractivity contribution is -0.140. The van der Waals surface area contributed by atoms with Gasteiger partial charge in [0.2, 0.25) is 11.8 Å². The Kier molecular flexibility index (Phi) is 12.4. The maximum absolute atomic E-state index is 14.7.